The van der Waals surface area contributed by atoms with Crippen LogP contribution in [-0.4, -0.2) is 51.5 Å². The average molecular weight is 297 g/mol. The van der Waals surface area contributed by atoms with E-state index in [1.54, 1.807) is 7.11 Å². The second-order valence-corrected chi connectivity index (χ2v) is 6.69. The Morgan fingerprint density at radius 3 is 2.67 bits per heavy atom. The first-order chi connectivity index (χ1) is 10.1. The lowest BCUT2D eigenvalue weighted by Gasteiger charge is -2.25. The maximum atomic E-state index is 5.82. The highest BCUT2D eigenvalue weighted by atomic mass is 16.5. The Bertz CT molecular complexity index is 347. The van der Waals surface area contributed by atoms with Gasteiger partial charge >= 0.3 is 0 Å². The number of ether oxygens (including phenoxy) is 2. The SMILES string of the molecule is CCNC(=NCC1(CCOC)CC1)NCC1(C)CCCO1. The molecule has 2 fully saturated rings. The van der Waals surface area contributed by atoms with E-state index in [4.69, 9.17) is 14.5 Å². The molecule has 5 heteroatoms. The molecule has 0 radical (unpaired) electrons. The second-order valence-electron chi connectivity index (χ2n) is 6.69. The summed E-state index contributed by atoms with van der Waals surface area (Å²) in [5, 5.41) is 6.77. The van der Waals surface area contributed by atoms with E-state index in [0.29, 0.717) is 5.41 Å². The summed E-state index contributed by atoms with van der Waals surface area (Å²) in [6.45, 7) is 8.60. The topological polar surface area (TPSA) is 54.9 Å². The summed E-state index contributed by atoms with van der Waals surface area (Å²) in [5.74, 6) is 0.915. The number of methoxy groups -OCH3 is 1. The number of aliphatic imine (C=N–C) groups is 1. The highest BCUT2D eigenvalue weighted by Gasteiger charge is 2.41. The van der Waals surface area contributed by atoms with Crippen LogP contribution in [0.5, 0.6) is 0 Å². The molecule has 1 saturated carbocycles. The van der Waals surface area contributed by atoms with Crippen LogP contribution >= 0.6 is 0 Å². The Morgan fingerprint density at radius 2 is 2.10 bits per heavy atom. The van der Waals surface area contributed by atoms with Gasteiger partial charge in [-0.15, -0.1) is 0 Å². The molecule has 2 N–H and O–H groups in total. The van der Waals surface area contributed by atoms with Gasteiger partial charge in [-0.1, -0.05) is 0 Å². The molecule has 1 aliphatic carbocycles. The Hall–Kier alpha value is -0.810. The summed E-state index contributed by atoms with van der Waals surface area (Å²) in [5.41, 5.74) is 0.357. The lowest BCUT2D eigenvalue weighted by molar-refractivity contribution is 0.0242. The van der Waals surface area contributed by atoms with Gasteiger partial charge in [-0.3, -0.25) is 4.99 Å². The minimum atomic E-state index is -0.0382. The Kier molecular flexibility index (Phi) is 5.88. The fraction of sp³-hybridized carbons (Fsp3) is 0.938. The molecule has 2 rings (SSSR count). The average Bonchev–Trinajstić information content (AvgIpc) is 3.13. The quantitative estimate of drug-likeness (QED) is 0.531. The van der Waals surface area contributed by atoms with Crippen molar-refractivity contribution >= 4 is 5.96 Å². The van der Waals surface area contributed by atoms with Gasteiger partial charge in [0.25, 0.3) is 0 Å². The molecule has 1 unspecified atom stereocenters. The summed E-state index contributed by atoms with van der Waals surface area (Å²) in [7, 11) is 1.77. The standard InChI is InChI=1S/C16H31N3O2/c1-4-17-14(18-12-15(2)6-5-10-21-15)19-13-16(7-8-16)9-11-20-3/h4-13H2,1-3H3,(H2,17,18,19). The predicted molar refractivity (Wildman–Crippen MR) is 85.7 cm³/mol. The van der Waals surface area contributed by atoms with Gasteiger partial charge in [0.15, 0.2) is 5.96 Å². The smallest absolute Gasteiger partial charge is 0.191 e. The minimum Gasteiger partial charge on any atom is -0.385 e. The van der Waals surface area contributed by atoms with E-state index >= 15 is 0 Å². The van der Waals surface area contributed by atoms with Crippen LogP contribution in [0.3, 0.4) is 0 Å². The molecular weight excluding hydrogens is 266 g/mol. The number of rotatable bonds is 8. The molecule has 5 nitrogen and oxygen atoms in total. The summed E-state index contributed by atoms with van der Waals surface area (Å²) in [6.07, 6.45) is 5.95. The lowest BCUT2D eigenvalue weighted by atomic mass is 10.0. The molecule has 0 aromatic carbocycles. The molecule has 1 aliphatic heterocycles. The van der Waals surface area contributed by atoms with Gasteiger partial charge in [0, 0.05) is 40.0 Å². The highest BCUT2D eigenvalue weighted by molar-refractivity contribution is 5.79. The largest absolute Gasteiger partial charge is 0.385 e. The monoisotopic (exact) mass is 297 g/mol. The van der Waals surface area contributed by atoms with Crippen molar-refractivity contribution in [1.29, 1.82) is 0 Å². The fourth-order valence-corrected chi connectivity index (χ4v) is 2.82. The van der Waals surface area contributed by atoms with Gasteiger partial charge in [-0.2, -0.15) is 0 Å². The van der Waals surface area contributed by atoms with Gasteiger partial charge in [0.2, 0.25) is 0 Å². The molecule has 0 spiro atoms. The maximum Gasteiger partial charge on any atom is 0.191 e. The van der Waals surface area contributed by atoms with E-state index in [9.17, 15) is 0 Å². The summed E-state index contributed by atoms with van der Waals surface area (Å²) < 4.78 is 11.0. The van der Waals surface area contributed by atoms with Gasteiger partial charge in [0.1, 0.15) is 0 Å². The van der Waals surface area contributed by atoms with Crippen molar-refractivity contribution in [3.8, 4) is 0 Å². The zero-order valence-electron chi connectivity index (χ0n) is 13.8. The zero-order valence-corrected chi connectivity index (χ0v) is 13.8. The first kappa shape index (κ1) is 16.6. The number of guanidine groups is 1. The summed E-state index contributed by atoms with van der Waals surface area (Å²) in [6, 6.07) is 0. The first-order valence-electron chi connectivity index (χ1n) is 8.27. The van der Waals surface area contributed by atoms with Crippen molar-refractivity contribution in [2.45, 2.75) is 51.6 Å². The van der Waals surface area contributed by atoms with Crippen LogP contribution in [-0.2, 0) is 9.47 Å². The van der Waals surface area contributed by atoms with Crippen molar-refractivity contribution in [3.63, 3.8) is 0 Å². The van der Waals surface area contributed by atoms with Crippen LogP contribution < -0.4 is 10.6 Å². The van der Waals surface area contributed by atoms with Gasteiger partial charge in [-0.25, -0.2) is 0 Å². The summed E-state index contributed by atoms with van der Waals surface area (Å²) in [4.78, 5) is 4.78. The lowest BCUT2D eigenvalue weighted by Crippen LogP contribution is -2.45. The van der Waals surface area contributed by atoms with E-state index in [2.05, 4.69) is 24.5 Å². The number of hydrogen-bond acceptors (Lipinski definition) is 3. The van der Waals surface area contributed by atoms with Crippen LogP contribution in [0, 0.1) is 5.41 Å². The van der Waals surface area contributed by atoms with Crippen molar-refractivity contribution < 1.29 is 9.47 Å². The number of nitrogens with zero attached hydrogens (tertiary/aromatic N) is 1. The minimum absolute atomic E-state index is 0.0382. The van der Waals surface area contributed by atoms with Crippen molar-refractivity contribution in [3.05, 3.63) is 0 Å². The number of hydrogen-bond donors (Lipinski definition) is 2. The highest BCUT2D eigenvalue weighted by Crippen LogP contribution is 2.48. The van der Waals surface area contributed by atoms with E-state index in [1.807, 2.05) is 0 Å². The third-order valence-electron chi connectivity index (χ3n) is 4.64. The Labute approximate surface area is 128 Å². The fourth-order valence-electron chi connectivity index (χ4n) is 2.82. The van der Waals surface area contributed by atoms with Crippen LogP contribution in [0.15, 0.2) is 4.99 Å². The van der Waals surface area contributed by atoms with Crippen LogP contribution in [0.4, 0.5) is 0 Å². The van der Waals surface area contributed by atoms with E-state index < -0.39 is 0 Å². The molecule has 0 aromatic heterocycles. The molecule has 1 saturated heterocycles. The molecule has 122 valence electrons. The van der Waals surface area contributed by atoms with E-state index in [0.717, 1.165) is 58.1 Å². The molecule has 2 aliphatic rings. The zero-order chi connectivity index (χ0) is 15.2. The summed E-state index contributed by atoms with van der Waals surface area (Å²) >= 11 is 0. The van der Waals surface area contributed by atoms with Gasteiger partial charge in [-0.05, 0) is 51.4 Å². The van der Waals surface area contributed by atoms with Crippen LogP contribution in [0.25, 0.3) is 0 Å². The normalized spacial score (nSPS) is 27.7. The molecular formula is C16H31N3O2. The Balaban J connectivity index is 1.81. The van der Waals surface area contributed by atoms with Crippen molar-refractivity contribution in [2.24, 2.45) is 10.4 Å². The van der Waals surface area contributed by atoms with Crippen molar-refractivity contribution in [1.82, 2.24) is 10.6 Å². The molecule has 1 heterocycles. The molecule has 21 heavy (non-hydrogen) atoms. The third-order valence-corrected chi connectivity index (χ3v) is 4.64. The maximum absolute atomic E-state index is 5.82. The molecule has 0 amide bonds. The Morgan fingerprint density at radius 1 is 1.29 bits per heavy atom. The van der Waals surface area contributed by atoms with Gasteiger partial charge < -0.3 is 20.1 Å². The molecule has 0 bridgehead atoms. The predicted octanol–water partition coefficient (Wildman–Crippen LogP) is 1.93. The third kappa shape index (κ3) is 5.15. The first-order valence-corrected chi connectivity index (χ1v) is 8.27. The van der Waals surface area contributed by atoms with Crippen LogP contribution in [0.1, 0.15) is 46.0 Å². The van der Waals surface area contributed by atoms with Gasteiger partial charge in [0.05, 0.1) is 5.60 Å². The number of nitrogens with one attached hydrogen (secondary N) is 2. The molecule has 1 atom stereocenters. The van der Waals surface area contributed by atoms with Crippen molar-refractivity contribution in [2.75, 3.05) is 40.0 Å². The molecule has 0 aromatic rings. The second kappa shape index (κ2) is 7.45. The van der Waals surface area contributed by atoms with Crippen LogP contribution in [0.2, 0.25) is 0 Å². The van der Waals surface area contributed by atoms with E-state index in [1.165, 1.54) is 12.8 Å². The van der Waals surface area contributed by atoms with E-state index in [-0.39, 0.29) is 5.60 Å².